The molecule has 5 heteroatoms. The molecule has 3 rings (SSSR count). The van der Waals surface area contributed by atoms with E-state index >= 15 is 0 Å². The minimum absolute atomic E-state index is 0.125. The van der Waals surface area contributed by atoms with E-state index in [1.807, 2.05) is 0 Å². The Morgan fingerprint density at radius 2 is 2.00 bits per heavy atom. The molecule has 0 bridgehead atoms. The molecule has 0 saturated heterocycles. The first-order chi connectivity index (χ1) is 10.2. The van der Waals surface area contributed by atoms with Crippen molar-refractivity contribution in [1.29, 1.82) is 0 Å². The Hall–Kier alpha value is -2.53. The molecule has 3 N–H and O–H groups in total. The molecule has 3 nitrogen and oxygen atoms in total. The van der Waals surface area contributed by atoms with Gasteiger partial charge in [-0.15, -0.1) is 0 Å². The third kappa shape index (κ3) is 2.68. The van der Waals surface area contributed by atoms with Gasteiger partial charge in [-0.25, -0.2) is 8.78 Å². The highest BCUT2D eigenvalue weighted by atomic mass is 19.1. The van der Waals surface area contributed by atoms with Crippen LogP contribution in [0.3, 0.4) is 0 Å². The Bertz CT molecular complexity index is 822. The second-order valence-electron chi connectivity index (χ2n) is 4.69. The topological polar surface area (TPSA) is 54.7 Å². The third-order valence-corrected chi connectivity index (χ3v) is 3.26. The van der Waals surface area contributed by atoms with Crippen LogP contribution in [0.2, 0.25) is 0 Å². The van der Waals surface area contributed by atoms with Gasteiger partial charge in [0.2, 0.25) is 0 Å². The standard InChI is InChI=1S/C16H13F2N3/c17-12-3-1-2-10(6-12)4-5-15-13-7-11(9-19)14(18)8-16(13)21-20-15/h1-8H,9,19H2,(H,20,21)/b5-4+. The monoisotopic (exact) mass is 285 g/mol. The van der Waals surface area contributed by atoms with Gasteiger partial charge in [-0.05, 0) is 35.9 Å². The quantitative estimate of drug-likeness (QED) is 0.774. The molecule has 0 radical (unpaired) electrons. The molecule has 2 aromatic carbocycles. The van der Waals surface area contributed by atoms with Crippen molar-refractivity contribution in [2.24, 2.45) is 5.73 Å². The Morgan fingerprint density at radius 1 is 1.14 bits per heavy atom. The van der Waals surface area contributed by atoms with Crippen molar-refractivity contribution in [2.45, 2.75) is 6.54 Å². The second kappa shape index (κ2) is 5.46. The lowest BCUT2D eigenvalue weighted by molar-refractivity contribution is 0.612. The maximum atomic E-state index is 13.6. The average Bonchev–Trinajstić information content (AvgIpc) is 2.86. The number of rotatable bonds is 3. The van der Waals surface area contributed by atoms with Crippen LogP contribution in [0.25, 0.3) is 23.1 Å². The molecule has 0 atom stereocenters. The molecule has 1 aromatic heterocycles. The van der Waals surface area contributed by atoms with Gasteiger partial charge >= 0.3 is 0 Å². The highest BCUT2D eigenvalue weighted by molar-refractivity contribution is 5.89. The van der Waals surface area contributed by atoms with E-state index in [2.05, 4.69) is 10.2 Å². The van der Waals surface area contributed by atoms with Gasteiger partial charge in [0, 0.05) is 17.5 Å². The molecule has 0 amide bonds. The van der Waals surface area contributed by atoms with Gasteiger partial charge in [0.25, 0.3) is 0 Å². The van der Waals surface area contributed by atoms with Crippen LogP contribution < -0.4 is 5.73 Å². The zero-order valence-corrected chi connectivity index (χ0v) is 11.1. The molecule has 0 aliphatic carbocycles. The summed E-state index contributed by atoms with van der Waals surface area (Å²) in [6.45, 7) is 0.125. The molecule has 106 valence electrons. The van der Waals surface area contributed by atoms with Crippen molar-refractivity contribution in [3.05, 3.63) is 64.9 Å². The zero-order chi connectivity index (χ0) is 14.8. The van der Waals surface area contributed by atoms with Gasteiger partial charge in [-0.1, -0.05) is 18.2 Å². The van der Waals surface area contributed by atoms with E-state index < -0.39 is 0 Å². The molecule has 0 spiro atoms. The van der Waals surface area contributed by atoms with E-state index in [0.717, 1.165) is 10.9 Å². The fraction of sp³-hybridized carbons (Fsp3) is 0.0625. The summed E-state index contributed by atoms with van der Waals surface area (Å²) in [5.41, 5.74) is 7.93. The SMILES string of the molecule is NCc1cc2c(/C=C/c3cccc(F)c3)n[nH]c2cc1F. The number of hydrogen-bond donors (Lipinski definition) is 2. The van der Waals surface area contributed by atoms with Gasteiger partial charge in [-0.3, -0.25) is 5.10 Å². The summed E-state index contributed by atoms with van der Waals surface area (Å²) in [5.74, 6) is -0.647. The number of nitrogens with one attached hydrogen (secondary N) is 1. The summed E-state index contributed by atoms with van der Waals surface area (Å²) in [7, 11) is 0. The predicted molar refractivity (Wildman–Crippen MR) is 79.3 cm³/mol. The van der Waals surface area contributed by atoms with Crippen LogP contribution in [-0.4, -0.2) is 10.2 Å². The Balaban J connectivity index is 2.01. The lowest BCUT2D eigenvalue weighted by Gasteiger charge is -1.99. The first kappa shape index (κ1) is 13.5. The van der Waals surface area contributed by atoms with E-state index in [-0.39, 0.29) is 18.2 Å². The minimum atomic E-state index is -0.352. The Morgan fingerprint density at radius 3 is 2.76 bits per heavy atom. The van der Waals surface area contributed by atoms with Gasteiger partial charge in [0.1, 0.15) is 11.6 Å². The number of aromatic nitrogens is 2. The van der Waals surface area contributed by atoms with E-state index in [4.69, 9.17) is 5.73 Å². The van der Waals surface area contributed by atoms with Crippen molar-refractivity contribution in [3.63, 3.8) is 0 Å². The highest BCUT2D eigenvalue weighted by Crippen LogP contribution is 2.22. The normalized spacial score (nSPS) is 11.6. The van der Waals surface area contributed by atoms with Gasteiger partial charge < -0.3 is 5.73 Å². The van der Waals surface area contributed by atoms with Crippen molar-refractivity contribution in [1.82, 2.24) is 10.2 Å². The summed E-state index contributed by atoms with van der Waals surface area (Å²) < 4.78 is 26.8. The highest BCUT2D eigenvalue weighted by Gasteiger charge is 2.08. The van der Waals surface area contributed by atoms with Gasteiger partial charge in [0.15, 0.2) is 0 Å². The largest absolute Gasteiger partial charge is 0.326 e. The molecule has 0 fully saturated rings. The summed E-state index contributed by atoms with van der Waals surface area (Å²) >= 11 is 0. The molecule has 0 unspecified atom stereocenters. The van der Waals surface area contributed by atoms with Crippen LogP contribution in [0.4, 0.5) is 8.78 Å². The second-order valence-corrected chi connectivity index (χ2v) is 4.69. The Kier molecular flexibility index (Phi) is 3.50. The molecule has 0 saturated carbocycles. The number of H-pyrrole nitrogens is 1. The van der Waals surface area contributed by atoms with Crippen molar-refractivity contribution in [3.8, 4) is 0 Å². The summed E-state index contributed by atoms with van der Waals surface area (Å²) in [6.07, 6.45) is 3.51. The molecule has 1 heterocycles. The van der Waals surface area contributed by atoms with E-state index in [9.17, 15) is 8.78 Å². The number of benzene rings is 2. The smallest absolute Gasteiger partial charge is 0.129 e. The molecule has 3 aromatic rings. The number of nitrogens with zero attached hydrogens (tertiary/aromatic N) is 1. The molecule has 21 heavy (non-hydrogen) atoms. The van der Waals surface area contributed by atoms with Crippen molar-refractivity contribution < 1.29 is 8.78 Å². The first-order valence-electron chi connectivity index (χ1n) is 6.47. The summed E-state index contributed by atoms with van der Waals surface area (Å²) in [6, 6.07) is 9.30. The first-order valence-corrected chi connectivity index (χ1v) is 6.47. The van der Waals surface area contributed by atoms with Gasteiger partial charge in [-0.2, -0.15) is 5.10 Å². The van der Waals surface area contributed by atoms with Crippen LogP contribution in [0, 0.1) is 11.6 Å². The van der Waals surface area contributed by atoms with Gasteiger partial charge in [0.05, 0.1) is 11.2 Å². The molecular weight excluding hydrogens is 272 g/mol. The number of fused-ring (bicyclic) bond motifs is 1. The summed E-state index contributed by atoms with van der Waals surface area (Å²) in [4.78, 5) is 0. The average molecular weight is 285 g/mol. The fourth-order valence-electron chi connectivity index (χ4n) is 2.17. The molecule has 0 aliphatic rings. The third-order valence-electron chi connectivity index (χ3n) is 3.26. The van der Waals surface area contributed by atoms with Crippen LogP contribution in [0.15, 0.2) is 36.4 Å². The zero-order valence-electron chi connectivity index (χ0n) is 11.1. The number of aromatic amines is 1. The van der Waals surface area contributed by atoms with Crippen LogP contribution in [0.1, 0.15) is 16.8 Å². The van der Waals surface area contributed by atoms with Crippen LogP contribution >= 0.6 is 0 Å². The maximum Gasteiger partial charge on any atom is 0.129 e. The maximum absolute atomic E-state index is 13.6. The van der Waals surface area contributed by atoms with Crippen LogP contribution in [-0.2, 0) is 6.54 Å². The number of nitrogens with two attached hydrogens (primary N) is 1. The molecule has 0 aliphatic heterocycles. The minimum Gasteiger partial charge on any atom is -0.326 e. The van der Waals surface area contributed by atoms with E-state index in [0.29, 0.717) is 16.8 Å². The van der Waals surface area contributed by atoms with E-state index in [1.54, 1.807) is 30.4 Å². The predicted octanol–water partition coefficient (Wildman–Crippen LogP) is 3.47. The van der Waals surface area contributed by atoms with Crippen molar-refractivity contribution >= 4 is 23.1 Å². The fourth-order valence-corrected chi connectivity index (χ4v) is 2.17. The number of hydrogen-bond acceptors (Lipinski definition) is 2. The number of halogens is 2. The molecular formula is C16H13F2N3. The lowest BCUT2D eigenvalue weighted by atomic mass is 10.1. The van der Waals surface area contributed by atoms with Crippen LogP contribution in [0.5, 0.6) is 0 Å². The lowest BCUT2D eigenvalue weighted by Crippen LogP contribution is -1.99. The Labute approximate surface area is 120 Å². The summed E-state index contributed by atoms with van der Waals surface area (Å²) in [5, 5.41) is 7.69. The van der Waals surface area contributed by atoms with E-state index in [1.165, 1.54) is 18.2 Å². The van der Waals surface area contributed by atoms with Crippen molar-refractivity contribution in [2.75, 3.05) is 0 Å².